The van der Waals surface area contributed by atoms with E-state index in [1.165, 1.54) is 0 Å². The van der Waals surface area contributed by atoms with Crippen molar-refractivity contribution in [1.82, 2.24) is 5.43 Å². The maximum Gasteiger partial charge on any atom is 0.329 e. The maximum atomic E-state index is 12.1. The van der Waals surface area contributed by atoms with Gasteiger partial charge in [0.25, 0.3) is 0 Å². The largest absolute Gasteiger partial charge is 0.329 e. The molecule has 7 nitrogen and oxygen atoms in total. The first-order valence-corrected chi connectivity index (χ1v) is 8.83. The van der Waals surface area contributed by atoms with Crippen molar-refractivity contribution in [1.29, 1.82) is 0 Å². The summed E-state index contributed by atoms with van der Waals surface area (Å²) in [5.74, 6) is -2.00. The SMILES string of the molecule is CC(CC(=O)Nc1ccc(C)c(C)c1)=NNC(=O)C(=O)Nc1cccc(C)c1. The molecular weight excluding hydrogens is 356 g/mol. The van der Waals surface area contributed by atoms with Gasteiger partial charge in [0.1, 0.15) is 0 Å². The number of nitrogens with one attached hydrogen (secondary N) is 3. The Bertz CT molecular complexity index is 935. The van der Waals surface area contributed by atoms with E-state index in [1.807, 2.05) is 45.0 Å². The van der Waals surface area contributed by atoms with Gasteiger partial charge >= 0.3 is 11.8 Å². The van der Waals surface area contributed by atoms with Gasteiger partial charge in [0.05, 0.1) is 6.42 Å². The van der Waals surface area contributed by atoms with Crippen molar-refractivity contribution in [2.75, 3.05) is 10.6 Å². The molecule has 28 heavy (non-hydrogen) atoms. The molecule has 146 valence electrons. The topological polar surface area (TPSA) is 99.7 Å². The van der Waals surface area contributed by atoms with E-state index in [0.29, 0.717) is 17.1 Å². The molecule has 3 amide bonds. The van der Waals surface area contributed by atoms with Gasteiger partial charge in [0.15, 0.2) is 0 Å². The smallest absolute Gasteiger partial charge is 0.326 e. The molecule has 0 atom stereocenters. The van der Waals surface area contributed by atoms with Crippen LogP contribution in [0.3, 0.4) is 0 Å². The fraction of sp³-hybridized carbons (Fsp3) is 0.238. The predicted octanol–water partition coefficient (Wildman–Crippen LogP) is 3.07. The minimum Gasteiger partial charge on any atom is -0.326 e. The zero-order chi connectivity index (χ0) is 20.7. The van der Waals surface area contributed by atoms with E-state index < -0.39 is 11.8 Å². The van der Waals surface area contributed by atoms with Crippen molar-refractivity contribution in [2.45, 2.75) is 34.1 Å². The predicted molar refractivity (Wildman–Crippen MR) is 110 cm³/mol. The molecule has 0 heterocycles. The van der Waals surface area contributed by atoms with Crippen molar-refractivity contribution >= 4 is 34.8 Å². The highest BCUT2D eigenvalue weighted by molar-refractivity contribution is 6.39. The van der Waals surface area contributed by atoms with E-state index >= 15 is 0 Å². The van der Waals surface area contributed by atoms with Crippen LogP contribution < -0.4 is 16.1 Å². The first-order valence-electron chi connectivity index (χ1n) is 8.83. The Labute approximate surface area is 164 Å². The molecule has 0 aliphatic rings. The summed E-state index contributed by atoms with van der Waals surface area (Å²) in [5, 5.41) is 9.08. The number of carbonyl (C=O) groups is 3. The van der Waals surface area contributed by atoms with Crippen LogP contribution in [0, 0.1) is 20.8 Å². The zero-order valence-corrected chi connectivity index (χ0v) is 16.4. The van der Waals surface area contributed by atoms with Gasteiger partial charge in [-0.25, -0.2) is 5.43 Å². The molecule has 0 radical (unpaired) electrons. The van der Waals surface area contributed by atoms with Crippen LogP contribution in [0.15, 0.2) is 47.6 Å². The molecule has 2 aromatic carbocycles. The lowest BCUT2D eigenvalue weighted by molar-refractivity contribution is -0.136. The summed E-state index contributed by atoms with van der Waals surface area (Å²) in [7, 11) is 0. The Morgan fingerprint density at radius 3 is 2.25 bits per heavy atom. The molecule has 0 saturated carbocycles. The number of hydrogen-bond acceptors (Lipinski definition) is 4. The molecule has 2 rings (SSSR count). The average Bonchev–Trinajstić information content (AvgIpc) is 2.62. The Kier molecular flexibility index (Phi) is 7.03. The number of anilines is 2. The van der Waals surface area contributed by atoms with Crippen LogP contribution in [-0.4, -0.2) is 23.4 Å². The number of benzene rings is 2. The number of rotatable bonds is 5. The van der Waals surface area contributed by atoms with E-state index in [4.69, 9.17) is 0 Å². The van der Waals surface area contributed by atoms with E-state index in [2.05, 4.69) is 21.2 Å². The molecule has 3 N–H and O–H groups in total. The van der Waals surface area contributed by atoms with E-state index in [0.717, 1.165) is 16.7 Å². The second kappa shape index (κ2) is 9.45. The van der Waals surface area contributed by atoms with Crippen LogP contribution in [0.4, 0.5) is 11.4 Å². The standard InChI is InChI=1S/C21H24N4O3/c1-13-6-5-7-17(10-13)23-20(27)21(28)25-24-16(4)12-19(26)22-18-9-8-14(2)15(3)11-18/h5-11H,12H2,1-4H3,(H,22,26)(H,23,27)(H,25,28). The summed E-state index contributed by atoms with van der Waals surface area (Å²) in [4.78, 5) is 35.8. The van der Waals surface area contributed by atoms with Crippen molar-refractivity contribution in [2.24, 2.45) is 5.10 Å². The van der Waals surface area contributed by atoms with Gasteiger partial charge in [-0.2, -0.15) is 5.10 Å². The Morgan fingerprint density at radius 1 is 0.857 bits per heavy atom. The minimum absolute atomic E-state index is 0.00724. The van der Waals surface area contributed by atoms with Gasteiger partial charge in [-0.15, -0.1) is 0 Å². The zero-order valence-electron chi connectivity index (χ0n) is 16.4. The van der Waals surface area contributed by atoms with Crippen molar-refractivity contribution in [3.63, 3.8) is 0 Å². The number of hydrazone groups is 1. The van der Waals surface area contributed by atoms with Gasteiger partial charge in [0, 0.05) is 17.1 Å². The Balaban J connectivity index is 1.85. The Morgan fingerprint density at radius 2 is 1.57 bits per heavy atom. The van der Waals surface area contributed by atoms with Crippen LogP contribution in [0.5, 0.6) is 0 Å². The molecule has 0 bridgehead atoms. The number of hydrogen-bond donors (Lipinski definition) is 3. The van der Waals surface area contributed by atoms with Crippen LogP contribution >= 0.6 is 0 Å². The molecule has 0 saturated heterocycles. The summed E-state index contributed by atoms with van der Waals surface area (Å²) in [6.45, 7) is 7.44. The first kappa shape index (κ1) is 20.8. The van der Waals surface area contributed by atoms with Crippen LogP contribution in [0.2, 0.25) is 0 Å². The van der Waals surface area contributed by atoms with Gasteiger partial charge in [-0.3, -0.25) is 14.4 Å². The summed E-state index contributed by atoms with van der Waals surface area (Å²) in [5.41, 5.74) is 6.93. The summed E-state index contributed by atoms with van der Waals surface area (Å²) in [6, 6.07) is 12.7. The maximum absolute atomic E-state index is 12.1. The lowest BCUT2D eigenvalue weighted by Gasteiger charge is -2.08. The fourth-order valence-electron chi connectivity index (χ4n) is 2.40. The van der Waals surface area contributed by atoms with Gasteiger partial charge < -0.3 is 10.6 Å². The minimum atomic E-state index is -0.907. The third-order valence-corrected chi connectivity index (χ3v) is 4.04. The van der Waals surface area contributed by atoms with Crippen LogP contribution in [0.1, 0.15) is 30.0 Å². The van der Waals surface area contributed by atoms with E-state index in [9.17, 15) is 14.4 Å². The molecule has 7 heteroatoms. The third-order valence-electron chi connectivity index (χ3n) is 4.04. The van der Waals surface area contributed by atoms with Gasteiger partial charge in [-0.05, 0) is 68.7 Å². The Hall–Kier alpha value is -3.48. The van der Waals surface area contributed by atoms with E-state index in [1.54, 1.807) is 25.1 Å². The molecule has 0 spiro atoms. The number of nitrogens with zero attached hydrogens (tertiary/aromatic N) is 1. The fourth-order valence-corrected chi connectivity index (χ4v) is 2.40. The van der Waals surface area contributed by atoms with Crippen LogP contribution in [-0.2, 0) is 14.4 Å². The molecule has 0 aliphatic carbocycles. The van der Waals surface area contributed by atoms with Crippen molar-refractivity contribution in [3.8, 4) is 0 Å². The molecule has 0 unspecified atom stereocenters. The second-order valence-electron chi connectivity index (χ2n) is 6.64. The molecule has 2 aromatic rings. The van der Waals surface area contributed by atoms with Gasteiger partial charge in [-0.1, -0.05) is 18.2 Å². The third kappa shape index (κ3) is 6.35. The molecule has 0 fully saturated rings. The average molecular weight is 380 g/mol. The van der Waals surface area contributed by atoms with Crippen molar-refractivity contribution in [3.05, 3.63) is 59.2 Å². The molecular formula is C21H24N4O3. The number of carbonyl (C=O) groups excluding carboxylic acids is 3. The number of aryl methyl sites for hydroxylation is 3. The summed E-state index contributed by atoms with van der Waals surface area (Å²) >= 11 is 0. The quantitative estimate of drug-likeness (QED) is 0.422. The monoisotopic (exact) mass is 380 g/mol. The second-order valence-corrected chi connectivity index (χ2v) is 6.64. The lowest BCUT2D eigenvalue weighted by atomic mass is 10.1. The lowest BCUT2D eigenvalue weighted by Crippen LogP contribution is -2.33. The van der Waals surface area contributed by atoms with E-state index in [-0.39, 0.29) is 12.3 Å². The summed E-state index contributed by atoms with van der Waals surface area (Å²) < 4.78 is 0. The normalized spacial score (nSPS) is 10.9. The van der Waals surface area contributed by atoms with Crippen molar-refractivity contribution < 1.29 is 14.4 Å². The van der Waals surface area contributed by atoms with Crippen LogP contribution in [0.25, 0.3) is 0 Å². The highest BCUT2D eigenvalue weighted by atomic mass is 16.2. The molecule has 0 aliphatic heterocycles. The molecule has 0 aromatic heterocycles. The highest BCUT2D eigenvalue weighted by Gasteiger charge is 2.13. The highest BCUT2D eigenvalue weighted by Crippen LogP contribution is 2.14. The first-order chi connectivity index (χ1) is 13.2. The summed E-state index contributed by atoms with van der Waals surface area (Å²) in [6.07, 6.45) is -0.00724. The number of amides is 3. The van der Waals surface area contributed by atoms with Gasteiger partial charge in [0.2, 0.25) is 5.91 Å².